The van der Waals surface area contributed by atoms with E-state index in [0.29, 0.717) is 22.1 Å². The number of nitrogens with one attached hydrogen (secondary N) is 1. The second-order valence-corrected chi connectivity index (χ2v) is 8.60. The number of rotatable bonds is 4. The fourth-order valence-electron chi connectivity index (χ4n) is 3.35. The number of para-hydroxylation sites is 2. The first-order valence-corrected chi connectivity index (χ1v) is 10.4. The molecule has 2 aromatic carbocycles. The zero-order valence-electron chi connectivity index (χ0n) is 16.7. The highest BCUT2D eigenvalue weighted by atomic mass is 32.2. The van der Waals surface area contributed by atoms with E-state index in [2.05, 4.69) is 9.97 Å². The molecule has 7 nitrogen and oxygen atoms in total. The molecule has 0 aliphatic carbocycles. The summed E-state index contributed by atoms with van der Waals surface area (Å²) in [5.74, 6) is -0.614. The summed E-state index contributed by atoms with van der Waals surface area (Å²) >= 11 is -2.48. The van der Waals surface area contributed by atoms with Gasteiger partial charge in [0.25, 0.3) is 11.3 Å². The highest BCUT2D eigenvalue weighted by molar-refractivity contribution is 7.81. The van der Waals surface area contributed by atoms with Gasteiger partial charge in [-0.15, -0.1) is 0 Å². The number of hydrogen-bond donors (Lipinski definition) is 2. The summed E-state index contributed by atoms with van der Waals surface area (Å²) in [6.45, 7) is 5.30. The molecule has 30 heavy (non-hydrogen) atoms. The number of anilines is 2. The predicted molar refractivity (Wildman–Crippen MR) is 118 cm³/mol. The molecule has 154 valence electrons. The lowest BCUT2D eigenvalue weighted by Gasteiger charge is -2.23. The summed E-state index contributed by atoms with van der Waals surface area (Å²) in [6.07, 6.45) is 1.62. The van der Waals surface area contributed by atoms with Crippen LogP contribution in [0.4, 0.5) is 11.4 Å². The van der Waals surface area contributed by atoms with Crippen LogP contribution in [-0.4, -0.2) is 30.3 Å². The number of esters is 1. The first-order valence-electron chi connectivity index (χ1n) is 9.35. The van der Waals surface area contributed by atoms with Crippen LogP contribution in [0.15, 0.2) is 60.8 Å². The van der Waals surface area contributed by atoms with Crippen LogP contribution in [0.2, 0.25) is 0 Å². The average Bonchev–Trinajstić information content (AvgIpc) is 3.06. The van der Waals surface area contributed by atoms with Gasteiger partial charge in [0, 0.05) is 22.5 Å². The van der Waals surface area contributed by atoms with Crippen molar-refractivity contribution < 1.29 is 18.3 Å². The van der Waals surface area contributed by atoms with Crippen molar-refractivity contribution in [2.24, 2.45) is 0 Å². The van der Waals surface area contributed by atoms with E-state index in [1.807, 2.05) is 18.2 Å². The second kappa shape index (κ2) is 7.55. The van der Waals surface area contributed by atoms with Gasteiger partial charge in [-0.2, -0.15) is 0 Å². The molecule has 1 atom stereocenters. The maximum Gasteiger partial charge on any atom is 0.357 e. The van der Waals surface area contributed by atoms with Crippen molar-refractivity contribution in [3.05, 3.63) is 66.5 Å². The number of aromatic nitrogens is 2. The predicted octanol–water partition coefficient (Wildman–Crippen LogP) is 4.95. The summed E-state index contributed by atoms with van der Waals surface area (Å²) in [6, 6.07) is 16.2. The van der Waals surface area contributed by atoms with Crippen LogP contribution in [0, 0.1) is 0 Å². The van der Waals surface area contributed by atoms with E-state index in [-0.39, 0.29) is 11.4 Å². The van der Waals surface area contributed by atoms with Crippen molar-refractivity contribution in [3.63, 3.8) is 0 Å². The SMILES string of the molecule is CC(C)(C)OC(=O)c1[nH]c2ccccc2c1N(c1cccc2cccnc12)S(=O)O. The number of aromatic amines is 1. The molecule has 0 spiro atoms. The van der Waals surface area contributed by atoms with Crippen LogP contribution >= 0.6 is 0 Å². The molecule has 0 amide bonds. The minimum Gasteiger partial charge on any atom is -0.455 e. The Labute approximate surface area is 176 Å². The molecule has 0 saturated carbocycles. The molecule has 2 heterocycles. The molecular weight excluding hydrogens is 402 g/mol. The summed E-state index contributed by atoms with van der Waals surface area (Å²) in [5.41, 5.74) is 1.24. The van der Waals surface area contributed by atoms with Gasteiger partial charge in [0.1, 0.15) is 5.60 Å². The minimum atomic E-state index is -2.48. The smallest absolute Gasteiger partial charge is 0.357 e. The molecule has 0 bridgehead atoms. The Morgan fingerprint density at radius 2 is 1.83 bits per heavy atom. The van der Waals surface area contributed by atoms with Crippen LogP contribution in [0.25, 0.3) is 21.8 Å². The van der Waals surface area contributed by atoms with E-state index in [4.69, 9.17) is 4.74 Å². The Morgan fingerprint density at radius 3 is 2.57 bits per heavy atom. The summed E-state index contributed by atoms with van der Waals surface area (Å²) in [7, 11) is 0. The zero-order valence-corrected chi connectivity index (χ0v) is 17.6. The highest BCUT2D eigenvalue weighted by Crippen LogP contribution is 2.39. The fraction of sp³-hybridized carbons (Fsp3) is 0.182. The summed E-state index contributed by atoms with van der Waals surface area (Å²) in [5, 5.41) is 1.43. The molecular formula is C22H21N3O4S. The highest BCUT2D eigenvalue weighted by Gasteiger charge is 2.30. The van der Waals surface area contributed by atoms with Gasteiger partial charge >= 0.3 is 5.97 Å². The Bertz CT molecular complexity index is 1270. The molecule has 4 rings (SSSR count). The molecule has 0 aliphatic heterocycles. The zero-order chi connectivity index (χ0) is 21.5. The number of ether oxygens (including phenoxy) is 1. The third-order valence-corrected chi connectivity index (χ3v) is 5.16. The monoisotopic (exact) mass is 423 g/mol. The minimum absolute atomic E-state index is 0.0986. The Hall–Kier alpha value is -3.23. The molecule has 2 aromatic heterocycles. The van der Waals surface area contributed by atoms with Crippen LogP contribution in [-0.2, 0) is 16.0 Å². The topological polar surface area (TPSA) is 95.5 Å². The van der Waals surface area contributed by atoms with Crippen LogP contribution in [0.5, 0.6) is 0 Å². The Morgan fingerprint density at radius 1 is 1.10 bits per heavy atom. The van der Waals surface area contributed by atoms with Crippen LogP contribution in [0.3, 0.4) is 0 Å². The second-order valence-electron chi connectivity index (χ2n) is 7.77. The van der Waals surface area contributed by atoms with E-state index in [1.165, 1.54) is 4.31 Å². The molecule has 0 aliphatic rings. The van der Waals surface area contributed by atoms with E-state index >= 15 is 0 Å². The number of nitrogens with zero attached hydrogens (tertiary/aromatic N) is 2. The normalized spacial score (nSPS) is 12.8. The largest absolute Gasteiger partial charge is 0.455 e. The standard InChI is InChI=1S/C22H21N3O4S/c1-22(2,3)29-21(26)19-20(15-10-4-5-11-16(15)24-19)25(30(27)28)17-12-6-8-14-9-7-13-23-18(14)17/h4-13,24H,1-3H3,(H,27,28). The van der Waals surface area contributed by atoms with Gasteiger partial charge in [-0.1, -0.05) is 36.4 Å². The number of pyridine rings is 1. The van der Waals surface area contributed by atoms with Gasteiger partial charge < -0.3 is 9.72 Å². The Kier molecular flexibility index (Phi) is 5.05. The van der Waals surface area contributed by atoms with Gasteiger partial charge in [-0.3, -0.25) is 9.54 Å². The molecule has 4 aromatic rings. The maximum absolute atomic E-state index is 13.0. The van der Waals surface area contributed by atoms with E-state index in [9.17, 15) is 13.6 Å². The van der Waals surface area contributed by atoms with Crippen molar-refractivity contribution in [2.45, 2.75) is 26.4 Å². The Balaban J connectivity index is 2.00. The third-order valence-electron chi connectivity index (χ3n) is 4.47. The summed E-state index contributed by atoms with van der Waals surface area (Å²) < 4.78 is 29.6. The lowest BCUT2D eigenvalue weighted by atomic mass is 10.1. The number of carbonyl (C=O) groups excluding carboxylic acids is 1. The van der Waals surface area contributed by atoms with Gasteiger partial charge in [0.2, 0.25) is 0 Å². The molecule has 0 fully saturated rings. The van der Waals surface area contributed by atoms with E-state index in [0.717, 1.165) is 5.39 Å². The molecule has 1 unspecified atom stereocenters. The lowest BCUT2D eigenvalue weighted by molar-refractivity contribution is 0.00649. The van der Waals surface area contributed by atoms with Crippen LogP contribution < -0.4 is 4.31 Å². The van der Waals surface area contributed by atoms with Crippen LogP contribution in [0.1, 0.15) is 31.3 Å². The van der Waals surface area contributed by atoms with Crippen molar-refractivity contribution in [1.82, 2.24) is 9.97 Å². The fourth-order valence-corrected chi connectivity index (χ4v) is 4.01. The average molecular weight is 423 g/mol. The first kappa shape index (κ1) is 20.1. The molecule has 8 heteroatoms. The van der Waals surface area contributed by atoms with Gasteiger partial charge in [0.15, 0.2) is 5.69 Å². The van der Waals surface area contributed by atoms with Crippen molar-refractivity contribution in [1.29, 1.82) is 0 Å². The van der Waals surface area contributed by atoms with Crippen molar-refractivity contribution in [3.8, 4) is 0 Å². The van der Waals surface area contributed by atoms with Crippen molar-refractivity contribution in [2.75, 3.05) is 4.31 Å². The first-order chi connectivity index (χ1) is 14.3. The van der Waals surface area contributed by atoms with E-state index in [1.54, 1.807) is 63.4 Å². The lowest BCUT2D eigenvalue weighted by Crippen LogP contribution is -2.27. The maximum atomic E-state index is 13.0. The quantitative estimate of drug-likeness (QED) is 0.358. The van der Waals surface area contributed by atoms with Gasteiger partial charge in [0.05, 0.1) is 16.9 Å². The van der Waals surface area contributed by atoms with E-state index < -0.39 is 22.8 Å². The molecule has 0 saturated heterocycles. The number of benzene rings is 2. The van der Waals surface area contributed by atoms with Gasteiger partial charge in [-0.25, -0.2) is 13.3 Å². The van der Waals surface area contributed by atoms with Crippen molar-refractivity contribution >= 4 is 50.4 Å². The number of fused-ring (bicyclic) bond motifs is 2. The third kappa shape index (κ3) is 3.67. The molecule has 0 radical (unpaired) electrons. The number of carbonyl (C=O) groups is 1. The number of hydrogen-bond acceptors (Lipinski definition) is 4. The number of H-pyrrole nitrogens is 1. The van der Waals surface area contributed by atoms with Gasteiger partial charge in [-0.05, 0) is 39.0 Å². The summed E-state index contributed by atoms with van der Waals surface area (Å²) in [4.78, 5) is 20.4. The molecule has 2 N–H and O–H groups in total.